The molecule has 0 spiro atoms. The molecule has 0 radical (unpaired) electrons. The minimum Gasteiger partial charge on any atom is -0.103 e. The largest absolute Gasteiger partial charge is 0.103 e. The monoisotopic (exact) mass is 452 g/mol. The average Bonchev–Trinajstić information content (AvgIpc) is 2.87. The molecule has 0 heterocycles. The maximum Gasteiger partial charge on any atom is -0.00878 e. The van der Waals surface area contributed by atoms with Crippen LogP contribution in [0.5, 0.6) is 0 Å². The maximum atomic E-state index is 4.91. The molecule has 0 N–H and O–H groups in total. The van der Waals surface area contributed by atoms with Crippen LogP contribution in [0.4, 0.5) is 0 Å². The van der Waals surface area contributed by atoms with Gasteiger partial charge in [0.15, 0.2) is 0 Å². The zero-order valence-electron chi connectivity index (χ0n) is 22.3. The van der Waals surface area contributed by atoms with E-state index in [4.69, 9.17) is 6.58 Å². The van der Waals surface area contributed by atoms with E-state index in [2.05, 4.69) is 31.7 Å². The molecule has 0 aliphatic heterocycles. The van der Waals surface area contributed by atoms with E-state index in [1.165, 1.54) is 135 Å². The molecule has 0 amide bonds. The topological polar surface area (TPSA) is 0 Å². The second kappa shape index (κ2) is 14.6. The van der Waals surface area contributed by atoms with Gasteiger partial charge in [0.25, 0.3) is 0 Å². The maximum absolute atomic E-state index is 4.91. The van der Waals surface area contributed by atoms with E-state index < -0.39 is 0 Å². The molecule has 3 saturated carbocycles. The Hall–Kier alpha value is -0.780. The average molecular weight is 453 g/mol. The van der Waals surface area contributed by atoms with Gasteiger partial charge in [-0.05, 0) is 99.7 Å². The Balaban J connectivity index is 1.53. The molecule has 33 heavy (non-hydrogen) atoms. The number of hydrogen-bond acceptors (Lipinski definition) is 0. The third kappa shape index (κ3) is 8.14. The van der Waals surface area contributed by atoms with Crippen molar-refractivity contribution in [3.05, 3.63) is 37.0 Å². The van der Waals surface area contributed by atoms with Gasteiger partial charge in [-0.1, -0.05) is 102 Å². The van der Waals surface area contributed by atoms with Gasteiger partial charge >= 0.3 is 0 Å². The molecule has 0 aromatic carbocycles. The number of rotatable bonds is 13. The molecule has 3 rings (SSSR count). The first-order valence-electron chi connectivity index (χ1n) is 15.2. The van der Waals surface area contributed by atoms with E-state index >= 15 is 0 Å². The summed E-state index contributed by atoms with van der Waals surface area (Å²) >= 11 is 0. The number of allylic oxidation sites excluding steroid dienone is 4. The van der Waals surface area contributed by atoms with Gasteiger partial charge in [0.2, 0.25) is 0 Å². The summed E-state index contributed by atoms with van der Waals surface area (Å²) < 4.78 is 0. The normalized spacial score (nSPS) is 30.3. The van der Waals surface area contributed by atoms with Crippen molar-refractivity contribution in [1.29, 1.82) is 0 Å². The summed E-state index contributed by atoms with van der Waals surface area (Å²) in [4.78, 5) is 0. The van der Waals surface area contributed by atoms with Crippen molar-refractivity contribution in [2.75, 3.05) is 0 Å². The Bertz CT molecular complexity index is 581. The Kier molecular flexibility index (Phi) is 11.8. The predicted molar refractivity (Wildman–Crippen MR) is 148 cm³/mol. The van der Waals surface area contributed by atoms with Gasteiger partial charge in [0.1, 0.15) is 0 Å². The molecule has 0 bridgehead atoms. The molecule has 3 aliphatic rings. The van der Waals surface area contributed by atoms with Crippen molar-refractivity contribution in [2.45, 2.75) is 142 Å². The van der Waals surface area contributed by atoms with Gasteiger partial charge < -0.3 is 0 Å². The van der Waals surface area contributed by atoms with E-state index in [9.17, 15) is 0 Å². The zero-order valence-corrected chi connectivity index (χ0v) is 22.3. The molecular formula is C33H56. The summed E-state index contributed by atoms with van der Waals surface area (Å²) in [6, 6.07) is 0. The summed E-state index contributed by atoms with van der Waals surface area (Å²) in [7, 11) is 0. The summed E-state index contributed by atoms with van der Waals surface area (Å²) in [6.45, 7) is 11.2. The predicted octanol–water partition coefficient (Wildman–Crippen LogP) is 11.0. The van der Waals surface area contributed by atoms with Crippen LogP contribution in [0.3, 0.4) is 0 Å². The summed E-state index contributed by atoms with van der Waals surface area (Å²) in [5.41, 5.74) is 2.16. The van der Waals surface area contributed by atoms with Crippen LogP contribution in [-0.4, -0.2) is 0 Å². The molecule has 0 nitrogen and oxygen atoms in total. The first-order chi connectivity index (χ1) is 16.2. The van der Waals surface area contributed by atoms with Crippen molar-refractivity contribution in [2.24, 2.45) is 29.1 Å². The highest BCUT2D eigenvalue weighted by atomic mass is 14.4. The van der Waals surface area contributed by atoms with Gasteiger partial charge in [-0.2, -0.15) is 0 Å². The van der Waals surface area contributed by atoms with Crippen molar-refractivity contribution in [3.8, 4) is 0 Å². The van der Waals surface area contributed by atoms with Crippen molar-refractivity contribution >= 4 is 0 Å². The second-order valence-electron chi connectivity index (χ2n) is 12.1. The molecule has 0 aromatic heterocycles. The molecule has 2 unspecified atom stereocenters. The molecule has 3 fully saturated rings. The van der Waals surface area contributed by atoms with Crippen LogP contribution in [0, 0.1) is 29.1 Å². The van der Waals surface area contributed by atoms with Crippen LogP contribution < -0.4 is 0 Å². The molecule has 3 aliphatic carbocycles. The van der Waals surface area contributed by atoms with E-state index in [1.807, 2.05) is 0 Å². The Morgan fingerprint density at radius 2 is 1.58 bits per heavy atom. The fraction of sp³-hybridized carbons (Fsp3) is 0.818. The highest BCUT2D eigenvalue weighted by molar-refractivity contribution is 5.19. The molecule has 2 atom stereocenters. The van der Waals surface area contributed by atoms with Crippen LogP contribution in [0.1, 0.15) is 142 Å². The lowest BCUT2D eigenvalue weighted by atomic mass is 9.60. The van der Waals surface area contributed by atoms with E-state index in [-0.39, 0.29) is 0 Å². The Labute approximate surface area is 207 Å². The first kappa shape index (κ1) is 26.8. The molecular weight excluding hydrogens is 396 g/mol. The van der Waals surface area contributed by atoms with Crippen molar-refractivity contribution < 1.29 is 0 Å². The third-order valence-corrected chi connectivity index (χ3v) is 9.87. The van der Waals surface area contributed by atoms with Crippen LogP contribution >= 0.6 is 0 Å². The highest BCUT2D eigenvalue weighted by Crippen LogP contribution is 2.52. The minimum atomic E-state index is 0.475. The first-order valence-corrected chi connectivity index (χ1v) is 15.2. The van der Waals surface area contributed by atoms with Gasteiger partial charge in [0, 0.05) is 0 Å². The minimum absolute atomic E-state index is 0.475. The van der Waals surface area contributed by atoms with Crippen LogP contribution in [0.2, 0.25) is 0 Å². The summed E-state index contributed by atoms with van der Waals surface area (Å²) in [5, 5.41) is 0. The van der Waals surface area contributed by atoms with Crippen molar-refractivity contribution in [1.82, 2.24) is 0 Å². The lowest BCUT2D eigenvalue weighted by molar-refractivity contribution is 0.172. The zero-order chi connectivity index (χ0) is 23.4. The van der Waals surface area contributed by atoms with Crippen LogP contribution in [-0.2, 0) is 0 Å². The van der Waals surface area contributed by atoms with Crippen LogP contribution in [0.15, 0.2) is 37.0 Å². The molecule has 0 aromatic rings. The van der Waals surface area contributed by atoms with Crippen LogP contribution in [0.25, 0.3) is 0 Å². The summed E-state index contributed by atoms with van der Waals surface area (Å²) in [6.07, 6.45) is 37.1. The van der Waals surface area contributed by atoms with Gasteiger partial charge in [0.05, 0.1) is 0 Å². The fourth-order valence-corrected chi connectivity index (χ4v) is 7.56. The van der Waals surface area contributed by atoms with E-state index in [1.54, 1.807) is 5.57 Å². The molecule has 188 valence electrons. The molecule has 0 heteroatoms. The van der Waals surface area contributed by atoms with Gasteiger partial charge in [-0.15, -0.1) is 6.58 Å². The second-order valence-corrected chi connectivity index (χ2v) is 12.1. The smallest absolute Gasteiger partial charge is 0.00878 e. The quantitative estimate of drug-likeness (QED) is 0.192. The van der Waals surface area contributed by atoms with Gasteiger partial charge in [-0.3, -0.25) is 0 Å². The number of hydrogen-bond donors (Lipinski definition) is 0. The fourth-order valence-electron chi connectivity index (χ4n) is 7.56. The highest BCUT2D eigenvalue weighted by Gasteiger charge is 2.39. The number of unbranched alkanes of at least 4 members (excludes halogenated alkanes) is 4. The lowest BCUT2D eigenvalue weighted by Crippen LogP contribution is -2.33. The van der Waals surface area contributed by atoms with Gasteiger partial charge in [-0.25, -0.2) is 0 Å². The summed E-state index contributed by atoms with van der Waals surface area (Å²) in [5.74, 6) is 3.28. The standard InChI is InChI=1S/C33H56/c1-4-6-7-8-14-25-33(26-15-9-16-27-33)28(3)32-20-13-12-19-31(32)18-11-10-17-30-23-21-29(5-2)22-24-30/h5,11,18,29-32H,2-4,6-10,12-17,19-27H2,1H3/b18-11+. The lowest BCUT2D eigenvalue weighted by Gasteiger charge is -2.45. The van der Waals surface area contributed by atoms with E-state index in [0.717, 1.165) is 23.7 Å². The third-order valence-electron chi connectivity index (χ3n) is 9.87. The molecule has 0 saturated heterocycles. The Morgan fingerprint density at radius 3 is 2.30 bits per heavy atom. The SMILES string of the molecule is C=CC1CCC(CC/C=C/C2CCCCC2C(=C)C2(CCCCCCC)CCCCC2)CC1. The Morgan fingerprint density at radius 1 is 0.848 bits per heavy atom. The van der Waals surface area contributed by atoms with E-state index in [0.29, 0.717) is 5.41 Å². The van der Waals surface area contributed by atoms with Crippen molar-refractivity contribution in [3.63, 3.8) is 0 Å².